The summed E-state index contributed by atoms with van der Waals surface area (Å²) in [6.07, 6.45) is -0.245. The summed E-state index contributed by atoms with van der Waals surface area (Å²) >= 11 is 0. The Hall–Kier alpha value is -4.12. The van der Waals surface area contributed by atoms with E-state index in [2.05, 4.69) is 16.6 Å². The fourth-order valence-electron chi connectivity index (χ4n) is 6.95. The molecule has 1 aliphatic heterocycles. The number of rotatable bonds is 9. The fourth-order valence-corrected chi connectivity index (χ4v) is 6.95. The van der Waals surface area contributed by atoms with E-state index in [1.807, 2.05) is 13.1 Å². The molecule has 0 spiro atoms. The molecule has 0 aromatic heterocycles. The summed E-state index contributed by atoms with van der Waals surface area (Å²) in [4.78, 5) is 38.1. The molecule has 2 unspecified atom stereocenters. The fraction of sp³-hybridized carbons (Fsp3) is 0.424. The Bertz CT molecular complexity index is 1430. The maximum absolute atomic E-state index is 13.6. The van der Waals surface area contributed by atoms with Gasteiger partial charge in [-0.25, -0.2) is 0 Å². The Morgan fingerprint density at radius 1 is 1.05 bits per heavy atom. The van der Waals surface area contributed by atoms with Crippen molar-refractivity contribution in [2.45, 2.75) is 69.5 Å². The van der Waals surface area contributed by atoms with Crippen molar-refractivity contribution in [2.24, 2.45) is 0 Å². The van der Waals surface area contributed by atoms with Crippen LogP contribution in [0.5, 0.6) is 5.75 Å². The molecule has 2 aromatic carbocycles. The molecule has 1 heterocycles. The van der Waals surface area contributed by atoms with E-state index in [0.717, 1.165) is 24.5 Å². The number of nitrogens with one attached hydrogen (secondary N) is 1. The van der Waals surface area contributed by atoms with E-state index in [0.29, 0.717) is 30.7 Å². The number of carbonyl (C=O) groups excluding carboxylic acids is 3. The summed E-state index contributed by atoms with van der Waals surface area (Å²) in [5.41, 5.74) is -0.782. The second kappa shape index (κ2) is 12.9. The highest BCUT2D eigenvalue weighted by atomic mass is 19.4. The van der Waals surface area contributed by atoms with Crippen LogP contribution in [0.4, 0.5) is 13.2 Å². The molecule has 1 amide bonds. The number of carbonyl (C=O) groups is 3. The monoisotopic (exact) mass is 615 g/mol. The summed E-state index contributed by atoms with van der Waals surface area (Å²) in [5.74, 6) is -2.59. The molecule has 0 radical (unpaired) electrons. The third-order valence-corrected chi connectivity index (χ3v) is 8.60. The number of benzene rings is 2. The normalized spacial score (nSPS) is 27.0. The number of likely N-dealkylation sites (tertiary alicyclic amines) is 1. The molecule has 236 valence electrons. The predicted molar refractivity (Wildman–Crippen MR) is 157 cm³/mol. The number of nitrogens with zero attached hydrogens (tertiary/aromatic N) is 1. The number of quaternary nitrogens is 1. The smallest absolute Gasteiger partial charge is 0.452 e. The van der Waals surface area contributed by atoms with E-state index in [1.54, 1.807) is 54.6 Å². The zero-order valence-corrected chi connectivity index (χ0v) is 25.1. The SMILES string of the molecule is C=CC[N@+]1(C)CC2(OC(C)=O)CCCCC2(c2cccc(OC(C)=O)c2)C[C@H]1NC(=O)C(=Cc1ccccc1)OC(F)(F)F. The highest BCUT2D eigenvalue weighted by molar-refractivity contribution is 5.96. The quantitative estimate of drug-likeness (QED) is 0.0961. The summed E-state index contributed by atoms with van der Waals surface area (Å²) in [6, 6.07) is 15.1. The van der Waals surface area contributed by atoms with Gasteiger partial charge in [0, 0.05) is 25.7 Å². The third kappa shape index (κ3) is 7.15. The molecular formula is C33H38F3N2O6+. The van der Waals surface area contributed by atoms with Gasteiger partial charge in [-0.3, -0.25) is 24.2 Å². The van der Waals surface area contributed by atoms with E-state index < -0.39 is 47.1 Å². The van der Waals surface area contributed by atoms with Crippen LogP contribution in [0.2, 0.25) is 0 Å². The molecule has 1 N–H and O–H groups in total. The van der Waals surface area contributed by atoms with Crippen molar-refractivity contribution in [3.8, 4) is 5.75 Å². The van der Waals surface area contributed by atoms with Gasteiger partial charge in [-0.05, 0) is 54.7 Å². The van der Waals surface area contributed by atoms with Crippen molar-refractivity contribution in [3.05, 3.63) is 84.1 Å². The summed E-state index contributed by atoms with van der Waals surface area (Å²) < 4.78 is 56.4. The predicted octanol–water partition coefficient (Wildman–Crippen LogP) is 5.78. The Labute approximate surface area is 255 Å². The number of esters is 2. The third-order valence-electron chi connectivity index (χ3n) is 8.60. The first-order chi connectivity index (χ1) is 20.7. The lowest BCUT2D eigenvalue weighted by molar-refractivity contribution is -0.944. The van der Waals surface area contributed by atoms with Crippen LogP contribution in [-0.4, -0.2) is 60.6 Å². The van der Waals surface area contributed by atoms with Crippen molar-refractivity contribution in [3.63, 3.8) is 0 Å². The number of fused-ring (bicyclic) bond motifs is 1. The van der Waals surface area contributed by atoms with E-state index >= 15 is 0 Å². The van der Waals surface area contributed by atoms with Crippen LogP contribution in [0.15, 0.2) is 73.0 Å². The standard InChI is InChI=1S/C33H37F3N2O6/c1-5-18-38(4)22-32(43-24(3)40)17-10-9-16-31(32,26-14-11-15-27(20-26)42-23(2)39)21-29(38)37-30(41)28(44-33(34,35)36)19-25-12-7-6-8-13-25/h5-8,11-15,19-20,29H,1,9-10,16-18,21-22H2,2-4H3/p+1/t29-,31?,32?,38+/m0/s1. The Morgan fingerprint density at radius 2 is 1.75 bits per heavy atom. The second-order valence-electron chi connectivity index (χ2n) is 11.8. The lowest BCUT2D eigenvalue weighted by Crippen LogP contribution is -2.76. The molecule has 11 heteroatoms. The van der Waals surface area contributed by atoms with Gasteiger partial charge in [0.05, 0.1) is 13.6 Å². The molecule has 0 bridgehead atoms. The molecule has 1 aliphatic carbocycles. The van der Waals surface area contributed by atoms with Crippen LogP contribution in [-0.2, 0) is 29.3 Å². The molecule has 8 nitrogen and oxygen atoms in total. The maximum Gasteiger partial charge on any atom is 0.573 e. The molecule has 44 heavy (non-hydrogen) atoms. The Kier molecular flexibility index (Phi) is 9.58. The first-order valence-corrected chi connectivity index (χ1v) is 14.5. The number of piperidine rings is 1. The van der Waals surface area contributed by atoms with Crippen LogP contribution < -0.4 is 10.1 Å². The largest absolute Gasteiger partial charge is 0.573 e. The number of amides is 1. The van der Waals surface area contributed by atoms with E-state index in [9.17, 15) is 27.6 Å². The molecule has 1 saturated heterocycles. The Morgan fingerprint density at radius 3 is 2.39 bits per heavy atom. The lowest BCUT2D eigenvalue weighted by atomic mass is 9.55. The van der Waals surface area contributed by atoms with Crippen LogP contribution in [0, 0.1) is 0 Å². The van der Waals surface area contributed by atoms with E-state index in [-0.39, 0.29) is 17.4 Å². The molecule has 2 fully saturated rings. The van der Waals surface area contributed by atoms with Gasteiger partial charge >= 0.3 is 18.3 Å². The molecule has 2 aliphatic rings. The van der Waals surface area contributed by atoms with Crippen LogP contribution in [0.25, 0.3) is 6.08 Å². The molecule has 2 aromatic rings. The number of ether oxygens (including phenoxy) is 3. The van der Waals surface area contributed by atoms with Gasteiger partial charge in [-0.15, -0.1) is 13.2 Å². The number of alkyl halides is 3. The first kappa shape index (κ1) is 32.8. The first-order valence-electron chi connectivity index (χ1n) is 14.5. The zero-order chi connectivity index (χ0) is 32.2. The van der Waals surface area contributed by atoms with Crippen molar-refractivity contribution in [1.82, 2.24) is 5.32 Å². The van der Waals surface area contributed by atoms with E-state index in [4.69, 9.17) is 9.47 Å². The lowest BCUT2D eigenvalue weighted by Gasteiger charge is -2.61. The average Bonchev–Trinajstić information content (AvgIpc) is 2.92. The highest BCUT2D eigenvalue weighted by Crippen LogP contribution is 2.56. The summed E-state index contributed by atoms with van der Waals surface area (Å²) in [6.45, 7) is 7.11. The highest BCUT2D eigenvalue weighted by Gasteiger charge is 2.66. The second-order valence-corrected chi connectivity index (χ2v) is 11.8. The van der Waals surface area contributed by atoms with Crippen LogP contribution >= 0.6 is 0 Å². The minimum Gasteiger partial charge on any atom is -0.452 e. The minimum absolute atomic E-state index is 0.110. The number of hydrogen-bond acceptors (Lipinski definition) is 6. The summed E-state index contributed by atoms with van der Waals surface area (Å²) in [7, 11) is 1.86. The van der Waals surface area contributed by atoms with Gasteiger partial charge in [0.15, 0.2) is 17.5 Å². The van der Waals surface area contributed by atoms with Gasteiger partial charge in [-0.1, -0.05) is 55.5 Å². The number of likely N-dealkylation sites (N-methyl/N-ethyl adjacent to an activating group) is 1. The van der Waals surface area contributed by atoms with Crippen molar-refractivity contribution >= 4 is 23.9 Å². The van der Waals surface area contributed by atoms with Crippen LogP contribution in [0.3, 0.4) is 0 Å². The van der Waals surface area contributed by atoms with Crippen LogP contribution in [0.1, 0.15) is 57.1 Å². The minimum atomic E-state index is -5.10. The van der Waals surface area contributed by atoms with Gasteiger partial charge < -0.3 is 14.2 Å². The number of hydrogen-bond donors (Lipinski definition) is 1. The zero-order valence-electron chi connectivity index (χ0n) is 25.1. The van der Waals surface area contributed by atoms with Gasteiger partial charge in [0.2, 0.25) is 0 Å². The van der Waals surface area contributed by atoms with Crippen molar-refractivity contribution < 1.29 is 46.2 Å². The molecular weight excluding hydrogens is 577 g/mol. The molecule has 4 rings (SSSR count). The molecule has 1 saturated carbocycles. The van der Waals surface area contributed by atoms with Gasteiger partial charge in [0.25, 0.3) is 5.91 Å². The summed E-state index contributed by atoms with van der Waals surface area (Å²) in [5, 5.41) is 2.85. The Balaban J connectivity index is 1.83. The van der Waals surface area contributed by atoms with E-state index in [1.165, 1.54) is 13.8 Å². The van der Waals surface area contributed by atoms with Gasteiger partial charge in [0.1, 0.15) is 12.3 Å². The topological polar surface area (TPSA) is 90.9 Å². The van der Waals surface area contributed by atoms with Gasteiger partial charge in [-0.2, -0.15) is 0 Å². The molecule has 4 atom stereocenters. The average molecular weight is 616 g/mol. The van der Waals surface area contributed by atoms with Crippen molar-refractivity contribution in [1.29, 1.82) is 0 Å². The van der Waals surface area contributed by atoms with Crippen molar-refractivity contribution in [2.75, 3.05) is 20.1 Å². The number of halogens is 3. The maximum atomic E-state index is 13.6.